The topological polar surface area (TPSA) is 109 Å². The molecule has 1 aliphatic rings. The number of aromatic carboxylic acids is 1. The van der Waals surface area contributed by atoms with Gasteiger partial charge in [-0.25, -0.2) is 13.2 Å². The summed E-state index contributed by atoms with van der Waals surface area (Å²) in [6, 6.07) is 4.51. The van der Waals surface area contributed by atoms with E-state index in [-0.39, 0.29) is 17.1 Å². The number of carboxylic acid groups (broad SMARTS) is 1. The van der Waals surface area contributed by atoms with E-state index in [9.17, 15) is 13.2 Å². The molecule has 0 aliphatic carbocycles. The minimum atomic E-state index is -3.05. The lowest BCUT2D eigenvalue weighted by Crippen LogP contribution is -2.36. The summed E-state index contributed by atoms with van der Waals surface area (Å²) in [5, 5.41) is 12.2. The van der Waals surface area contributed by atoms with E-state index in [1.165, 1.54) is 6.07 Å². The molecule has 1 unspecified atom stereocenters. The summed E-state index contributed by atoms with van der Waals surface area (Å²) in [6.07, 6.45) is 0.457. The second kappa shape index (κ2) is 4.41. The molecule has 0 radical (unpaired) electrons. The molecule has 4 N–H and O–H groups in total. The Morgan fingerprint density at radius 1 is 1.47 bits per heavy atom. The quantitative estimate of drug-likeness (QED) is 0.713. The molecular weight excluding hydrogens is 268 g/mol. The lowest BCUT2D eigenvalue weighted by atomic mass is 10.0. The van der Waals surface area contributed by atoms with Crippen LogP contribution in [-0.2, 0) is 9.84 Å². The van der Waals surface area contributed by atoms with E-state index in [0.717, 1.165) is 0 Å². The molecule has 1 aromatic rings. The van der Waals surface area contributed by atoms with Crippen molar-refractivity contribution in [3.63, 3.8) is 0 Å². The molecule has 104 valence electrons. The summed E-state index contributed by atoms with van der Waals surface area (Å²) in [4.78, 5) is 11.2. The normalized spacial score (nSPS) is 25.1. The van der Waals surface area contributed by atoms with Crippen molar-refractivity contribution < 1.29 is 18.3 Å². The third-order valence-electron chi connectivity index (χ3n) is 3.21. The summed E-state index contributed by atoms with van der Waals surface area (Å²) in [7, 11) is -3.05. The summed E-state index contributed by atoms with van der Waals surface area (Å²) in [5.74, 6) is -0.976. The smallest absolute Gasteiger partial charge is 0.337 e. The summed E-state index contributed by atoms with van der Waals surface area (Å²) >= 11 is 0. The Balaban J connectivity index is 2.32. The second-order valence-corrected chi connectivity index (χ2v) is 7.32. The van der Waals surface area contributed by atoms with Crippen LogP contribution in [-0.4, -0.2) is 36.5 Å². The molecule has 1 aliphatic heterocycles. The van der Waals surface area contributed by atoms with Crippen LogP contribution < -0.4 is 11.1 Å². The van der Waals surface area contributed by atoms with Crippen molar-refractivity contribution in [1.82, 2.24) is 0 Å². The first kappa shape index (κ1) is 13.7. The molecule has 7 heteroatoms. The number of hydrogen-bond donors (Lipinski definition) is 3. The number of nitrogens with one attached hydrogen (secondary N) is 1. The first-order valence-corrected chi connectivity index (χ1v) is 7.64. The van der Waals surface area contributed by atoms with Crippen molar-refractivity contribution in [2.75, 3.05) is 22.6 Å². The van der Waals surface area contributed by atoms with Gasteiger partial charge in [-0.2, -0.15) is 0 Å². The molecule has 1 fully saturated rings. The van der Waals surface area contributed by atoms with Crippen LogP contribution in [0.25, 0.3) is 0 Å². The number of carbonyl (C=O) groups is 1. The number of nitrogens with two attached hydrogens (primary N) is 1. The molecule has 6 nitrogen and oxygen atoms in total. The molecule has 0 spiro atoms. The molecule has 19 heavy (non-hydrogen) atoms. The molecule has 1 atom stereocenters. The standard InChI is InChI=1S/C12H16N2O4S/c1-12(4-5-19(17,18)7-12)14-10-3-2-8(13)6-9(10)11(15)16/h2-3,6,14H,4-5,7,13H2,1H3,(H,15,16). The van der Waals surface area contributed by atoms with Crippen molar-refractivity contribution in [3.8, 4) is 0 Å². The number of nitrogen functional groups attached to an aromatic ring is 1. The largest absolute Gasteiger partial charge is 0.478 e. The Kier molecular flexibility index (Phi) is 3.17. The van der Waals surface area contributed by atoms with E-state index in [1.54, 1.807) is 19.1 Å². The summed E-state index contributed by atoms with van der Waals surface area (Å²) in [6.45, 7) is 1.78. The number of rotatable bonds is 3. The predicted octanol–water partition coefficient (Wildman–Crippen LogP) is 0.956. The van der Waals surface area contributed by atoms with Crippen LogP contribution in [0, 0.1) is 0 Å². The lowest BCUT2D eigenvalue weighted by molar-refractivity contribution is 0.0698. The average Bonchev–Trinajstić information content (AvgIpc) is 2.55. The molecule has 0 saturated carbocycles. The van der Waals surface area contributed by atoms with Gasteiger partial charge in [-0.15, -0.1) is 0 Å². The van der Waals surface area contributed by atoms with Gasteiger partial charge in [-0.05, 0) is 31.5 Å². The highest BCUT2D eigenvalue weighted by Crippen LogP contribution is 2.29. The van der Waals surface area contributed by atoms with E-state index >= 15 is 0 Å². The molecular formula is C12H16N2O4S. The third-order valence-corrected chi connectivity index (χ3v) is 5.12. The molecule has 0 amide bonds. The Bertz CT molecular complexity index is 627. The van der Waals surface area contributed by atoms with Gasteiger partial charge in [0.15, 0.2) is 9.84 Å². The van der Waals surface area contributed by atoms with Crippen LogP contribution in [0.2, 0.25) is 0 Å². The monoisotopic (exact) mass is 284 g/mol. The molecule has 0 aromatic heterocycles. The average molecular weight is 284 g/mol. The maximum Gasteiger partial charge on any atom is 0.337 e. The number of benzene rings is 1. The highest BCUT2D eigenvalue weighted by molar-refractivity contribution is 7.91. The van der Waals surface area contributed by atoms with Crippen molar-refractivity contribution in [3.05, 3.63) is 23.8 Å². The van der Waals surface area contributed by atoms with E-state index < -0.39 is 21.3 Å². The Morgan fingerprint density at radius 2 is 2.16 bits per heavy atom. The van der Waals surface area contributed by atoms with Crippen LogP contribution in [0.4, 0.5) is 11.4 Å². The van der Waals surface area contributed by atoms with Gasteiger partial charge >= 0.3 is 5.97 Å². The van der Waals surface area contributed by atoms with Crippen molar-refractivity contribution in [1.29, 1.82) is 0 Å². The third kappa shape index (κ3) is 2.98. The summed E-state index contributed by atoms with van der Waals surface area (Å²) in [5.41, 5.74) is 5.71. The fourth-order valence-corrected chi connectivity index (χ4v) is 4.38. The van der Waals surface area contributed by atoms with Crippen LogP contribution in [0.5, 0.6) is 0 Å². The van der Waals surface area contributed by atoms with E-state index in [2.05, 4.69) is 5.32 Å². The van der Waals surface area contributed by atoms with Crippen LogP contribution in [0.1, 0.15) is 23.7 Å². The van der Waals surface area contributed by atoms with Gasteiger partial charge in [-0.3, -0.25) is 0 Å². The Labute approximate surface area is 111 Å². The maximum absolute atomic E-state index is 11.5. The fourth-order valence-electron chi connectivity index (χ4n) is 2.28. The second-order valence-electron chi connectivity index (χ2n) is 5.14. The van der Waals surface area contributed by atoms with Gasteiger partial charge in [0.25, 0.3) is 0 Å². The zero-order valence-corrected chi connectivity index (χ0v) is 11.3. The number of anilines is 2. The maximum atomic E-state index is 11.5. The van der Waals surface area contributed by atoms with Crippen molar-refractivity contribution >= 4 is 27.2 Å². The zero-order valence-electron chi connectivity index (χ0n) is 10.5. The predicted molar refractivity (Wildman–Crippen MR) is 73.1 cm³/mol. The SMILES string of the molecule is CC1(Nc2ccc(N)cc2C(=O)O)CCS(=O)(=O)C1. The first-order valence-electron chi connectivity index (χ1n) is 5.82. The minimum Gasteiger partial charge on any atom is -0.478 e. The van der Waals surface area contributed by atoms with Gasteiger partial charge in [-0.1, -0.05) is 0 Å². The molecule has 1 saturated heterocycles. The van der Waals surface area contributed by atoms with Gasteiger partial charge in [0.2, 0.25) is 0 Å². The molecule has 0 bridgehead atoms. The fraction of sp³-hybridized carbons (Fsp3) is 0.417. The zero-order chi connectivity index (χ0) is 14.3. The van der Waals surface area contributed by atoms with Gasteiger partial charge in [0.05, 0.1) is 17.1 Å². The highest BCUT2D eigenvalue weighted by Gasteiger charge is 2.38. The Morgan fingerprint density at radius 3 is 2.68 bits per heavy atom. The van der Waals surface area contributed by atoms with Gasteiger partial charge < -0.3 is 16.2 Å². The number of carboxylic acids is 1. The van der Waals surface area contributed by atoms with Crippen molar-refractivity contribution in [2.24, 2.45) is 0 Å². The summed E-state index contributed by atoms with van der Waals surface area (Å²) < 4.78 is 23.1. The van der Waals surface area contributed by atoms with Crippen LogP contribution >= 0.6 is 0 Å². The van der Waals surface area contributed by atoms with E-state index in [0.29, 0.717) is 17.8 Å². The van der Waals surface area contributed by atoms with Crippen molar-refractivity contribution in [2.45, 2.75) is 18.9 Å². The highest BCUT2D eigenvalue weighted by atomic mass is 32.2. The number of hydrogen-bond acceptors (Lipinski definition) is 5. The number of sulfone groups is 1. The molecule has 1 heterocycles. The van der Waals surface area contributed by atoms with E-state index in [4.69, 9.17) is 10.8 Å². The first-order chi connectivity index (χ1) is 8.71. The molecule has 1 aromatic carbocycles. The van der Waals surface area contributed by atoms with E-state index in [1.807, 2.05) is 0 Å². The Hall–Kier alpha value is -1.76. The van der Waals surface area contributed by atoms with Gasteiger partial charge in [0.1, 0.15) is 0 Å². The van der Waals surface area contributed by atoms with Gasteiger partial charge in [0, 0.05) is 16.9 Å². The van der Waals surface area contributed by atoms with Crippen LogP contribution in [0.3, 0.4) is 0 Å². The molecule has 2 rings (SSSR count). The van der Waals surface area contributed by atoms with Crippen LogP contribution in [0.15, 0.2) is 18.2 Å². The lowest BCUT2D eigenvalue weighted by Gasteiger charge is -2.26. The minimum absolute atomic E-state index is 0.00341.